The zero-order valence-electron chi connectivity index (χ0n) is 17.3. The van der Waals surface area contributed by atoms with Crippen LogP contribution in [-0.4, -0.2) is 37.4 Å². The molecule has 0 aliphatic carbocycles. The van der Waals surface area contributed by atoms with E-state index >= 15 is 0 Å². The van der Waals surface area contributed by atoms with E-state index < -0.39 is 29.1 Å². The molecule has 3 rings (SSSR count). The molecule has 0 amide bonds. The topological polar surface area (TPSA) is 115 Å². The number of benzene rings is 1. The molecular weight excluding hydrogens is 405 g/mol. The van der Waals surface area contributed by atoms with Gasteiger partial charge in [-0.05, 0) is 11.6 Å². The van der Waals surface area contributed by atoms with Crippen molar-refractivity contribution < 1.29 is 33.5 Å². The van der Waals surface area contributed by atoms with Gasteiger partial charge in [-0.15, -0.1) is 10.2 Å². The zero-order valence-corrected chi connectivity index (χ0v) is 18.0. The fraction of sp³-hybridized carbons (Fsp3) is 0.316. The molecule has 2 unspecified atom stereocenters. The van der Waals surface area contributed by atoms with Crippen LogP contribution < -0.4 is 34.3 Å². The minimum atomic E-state index is -1.60. The van der Waals surface area contributed by atoms with E-state index in [9.17, 15) is 14.7 Å². The van der Waals surface area contributed by atoms with Gasteiger partial charge in [0.05, 0.1) is 19.0 Å². The standard InChI is InChI=1S/C19H20ClN5O4.Li/c1-10(16-22-14(19(27)28)15(29-4)18(26)25(16)3)13(17-23-21-9-24(17)2)11-7-5-6-8-12(11)20;/h5-10,13H,1-4H3,(H,27,28);/q;+1/p-1. The predicted molar refractivity (Wildman–Crippen MR) is 103 cm³/mol. The third-order valence-corrected chi connectivity index (χ3v) is 5.20. The van der Waals surface area contributed by atoms with Crippen LogP contribution in [0.4, 0.5) is 0 Å². The molecule has 9 nitrogen and oxygen atoms in total. The molecule has 3 aromatic rings. The number of carboxylic acid groups (broad SMARTS) is 1. The number of carboxylic acids is 1. The number of nitrogens with zero attached hydrogens (tertiary/aromatic N) is 5. The summed E-state index contributed by atoms with van der Waals surface area (Å²) in [5.41, 5.74) is -0.425. The van der Waals surface area contributed by atoms with Crippen molar-refractivity contribution in [2.75, 3.05) is 7.11 Å². The van der Waals surface area contributed by atoms with Crippen LogP contribution in [-0.2, 0) is 14.1 Å². The fourth-order valence-corrected chi connectivity index (χ4v) is 3.66. The summed E-state index contributed by atoms with van der Waals surface area (Å²) >= 11 is 6.45. The second-order valence-electron chi connectivity index (χ2n) is 6.59. The Morgan fingerprint density at radius 3 is 2.43 bits per heavy atom. The van der Waals surface area contributed by atoms with Crippen LogP contribution in [0, 0.1) is 0 Å². The number of aromatic nitrogens is 5. The Bertz CT molecular complexity index is 1130. The summed E-state index contributed by atoms with van der Waals surface area (Å²) in [6.07, 6.45) is 1.55. The van der Waals surface area contributed by atoms with E-state index in [0.29, 0.717) is 10.8 Å². The molecule has 1 aromatic carbocycles. The van der Waals surface area contributed by atoms with Crippen molar-refractivity contribution in [3.05, 3.63) is 68.9 Å². The monoisotopic (exact) mass is 423 g/mol. The maximum absolute atomic E-state index is 12.7. The first-order chi connectivity index (χ1) is 13.8. The number of aromatic carboxylic acids is 1. The first-order valence-electron chi connectivity index (χ1n) is 8.72. The Morgan fingerprint density at radius 2 is 1.90 bits per heavy atom. The molecule has 11 heteroatoms. The van der Waals surface area contributed by atoms with Gasteiger partial charge in [0.25, 0.3) is 5.56 Å². The van der Waals surface area contributed by atoms with Crippen molar-refractivity contribution in [1.82, 2.24) is 24.3 Å². The quantitative estimate of drug-likeness (QED) is 0.416. The molecule has 30 heavy (non-hydrogen) atoms. The number of rotatable bonds is 6. The Kier molecular flexibility index (Phi) is 7.48. The molecule has 0 bridgehead atoms. The summed E-state index contributed by atoms with van der Waals surface area (Å²) in [4.78, 5) is 28.4. The number of ether oxygens (including phenoxy) is 1. The van der Waals surface area contributed by atoms with Gasteiger partial charge in [0.2, 0.25) is 5.75 Å². The van der Waals surface area contributed by atoms with E-state index in [1.165, 1.54) is 18.7 Å². The molecule has 0 fully saturated rings. The Morgan fingerprint density at radius 1 is 1.23 bits per heavy atom. The smallest absolute Gasteiger partial charge is 0.543 e. The molecule has 2 atom stereocenters. The van der Waals surface area contributed by atoms with Crippen LogP contribution in [0.15, 0.2) is 35.4 Å². The number of carbonyl (C=O) groups is 1. The molecule has 0 saturated heterocycles. The summed E-state index contributed by atoms with van der Waals surface area (Å²) in [6, 6.07) is 7.24. The van der Waals surface area contributed by atoms with Crippen molar-refractivity contribution in [1.29, 1.82) is 0 Å². The van der Waals surface area contributed by atoms with E-state index in [1.54, 1.807) is 30.1 Å². The number of carbonyl (C=O) groups excluding carboxylic acids is 1. The predicted octanol–water partition coefficient (Wildman–Crippen LogP) is -2.13. The van der Waals surface area contributed by atoms with Crippen LogP contribution in [0.2, 0.25) is 5.02 Å². The maximum atomic E-state index is 12.7. The van der Waals surface area contributed by atoms with Crippen LogP contribution in [0.5, 0.6) is 5.75 Å². The Balaban J connectivity index is 0.00000320. The normalized spacial score (nSPS) is 12.7. The van der Waals surface area contributed by atoms with E-state index in [2.05, 4.69) is 15.2 Å². The molecule has 2 aromatic heterocycles. The van der Waals surface area contributed by atoms with Crippen molar-refractivity contribution in [2.24, 2.45) is 14.1 Å². The summed E-state index contributed by atoms with van der Waals surface area (Å²) in [5.74, 6) is -2.09. The molecule has 152 valence electrons. The second kappa shape index (κ2) is 9.47. The van der Waals surface area contributed by atoms with Crippen LogP contribution >= 0.6 is 11.6 Å². The van der Waals surface area contributed by atoms with Gasteiger partial charge in [-0.1, -0.05) is 36.7 Å². The van der Waals surface area contributed by atoms with Gasteiger partial charge in [-0.3, -0.25) is 9.36 Å². The van der Waals surface area contributed by atoms with Crippen molar-refractivity contribution in [2.45, 2.75) is 18.8 Å². The van der Waals surface area contributed by atoms with Gasteiger partial charge in [-0.25, -0.2) is 4.98 Å². The van der Waals surface area contributed by atoms with Crippen molar-refractivity contribution in [3.8, 4) is 5.75 Å². The second-order valence-corrected chi connectivity index (χ2v) is 7.00. The van der Waals surface area contributed by atoms with Crippen molar-refractivity contribution >= 4 is 17.6 Å². The molecule has 0 aliphatic rings. The van der Waals surface area contributed by atoms with Crippen molar-refractivity contribution in [3.63, 3.8) is 0 Å². The third-order valence-electron chi connectivity index (χ3n) is 4.85. The molecule has 0 spiro atoms. The van der Waals surface area contributed by atoms with Gasteiger partial charge >= 0.3 is 18.9 Å². The van der Waals surface area contributed by atoms with E-state index in [-0.39, 0.29) is 30.4 Å². The largest absolute Gasteiger partial charge is 1.00 e. The fourth-order valence-electron chi connectivity index (χ4n) is 3.41. The Labute approximate surface area is 189 Å². The number of hydrogen-bond acceptors (Lipinski definition) is 7. The Hall–Kier alpha value is -2.60. The number of hydrogen-bond donors (Lipinski definition) is 0. The molecular formula is C19H19ClLiN5O4. The zero-order chi connectivity index (χ0) is 21.3. The SMILES string of the molecule is COc1c(C(=O)[O-])nc(C(C)C(c2ccccc2Cl)c2nncn2C)n(C)c1=O.[Li+]. The molecule has 0 N–H and O–H groups in total. The van der Waals surface area contributed by atoms with Crippen LogP contribution in [0.25, 0.3) is 0 Å². The van der Waals surface area contributed by atoms with E-state index in [1.807, 2.05) is 19.1 Å². The molecule has 0 aliphatic heterocycles. The summed E-state index contributed by atoms with van der Waals surface area (Å²) in [6.45, 7) is 1.82. The van der Waals surface area contributed by atoms with Gasteiger partial charge in [0.1, 0.15) is 23.7 Å². The van der Waals surface area contributed by atoms with Crippen LogP contribution in [0.3, 0.4) is 0 Å². The average Bonchev–Trinajstić information content (AvgIpc) is 3.10. The number of methoxy groups -OCH3 is 1. The maximum Gasteiger partial charge on any atom is 1.00 e. The van der Waals surface area contributed by atoms with Gasteiger partial charge in [-0.2, -0.15) is 0 Å². The molecule has 0 radical (unpaired) electrons. The minimum absolute atomic E-state index is 0. The van der Waals surface area contributed by atoms with E-state index in [0.717, 1.165) is 5.56 Å². The number of halogens is 1. The average molecular weight is 424 g/mol. The first kappa shape index (κ1) is 23.7. The third kappa shape index (κ3) is 4.14. The van der Waals surface area contributed by atoms with Gasteiger partial charge in [0.15, 0.2) is 0 Å². The summed E-state index contributed by atoms with van der Waals surface area (Å²) < 4.78 is 7.95. The first-order valence-corrected chi connectivity index (χ1v) is 9.10. The van der Waals surface area contributed by atoms with Gasteiger partial charge < -0.3 is 19.2 Å². The summed E-state index contributed by atoms with van der Waals surface area (Å²) in [5, 5.41) is 20.2. The van der Waals surface area contributed by atoms with Gasteiger partial charge in [0, 0.05) is 25.0 Å². The molecule has 2 heterocycles. The number of aryl methyl sites for hydroxylation is 1. The van der Waals surface area contributed by atoms with E-state index in [4.69, 9.17) is 16.3 Å². The molecule has 0 saturated carbocycles. The summed E-state index contributed by atoms with van der Waals surface area (Å²) in [7, 11) is 4.50. The minimum Gasteiger partial charge on any atom is -0.543 e. The van der Waals surface area contributed by atoms with Crippen LogP contribution in [0.1, 0.15) is 46.5 Å².